The summed E-state index contributed by atoms with van der Waals surface area (Å²) < 4.78 is 17.9. The number of amides is 1. The normalized spacial score (nSPS) is 12.2. The number of nitrogens with one attached hydrogen (secondary N) is 1. The van der Waals surface area contributed by atoms with Gasteiger partial charge in [-0.1, -0.05) is 29.8 Å². The molecule has 1 amide bonds. The van der Waals surface area contributed by atoms with Gasteiger partial charge in [0.2, 0.25) is 6.79 Å². The largest absolute Gasteiger partial charge is 0.486 e. The molecule has 0 fully saturated rings. The Hall–Kier alpha value is -2.55. The number of fused-ring (bicyclic) bond motifs is 1. The maximum atomic E-state index is 12.3. The second-order valence-electron chi connectivity index (χ2n) is 6.46. The molecule has 0 radical (unpaired) electrons. The monoisotopic (exact) mass is 564 g/mol. The Labute approximate surface area is 200 Å². The van der Waals surface area contributed by atoms with Crippen molar-refractivity contribution in [2.24, 2.45) is 5.10 Å². The molecule has 0 saturated heterocycles. The molecule has 3 aromatic rings. The molecule has 0 saturated carbocycles. The lowest BCUT2D eigenvalue weighted by Gasteiger charge is -2.12. The van der Waals surface area contributed by atoms with Crippen molar-refractivity contribution in [1.29, 1.82) is 0 Å². The van der Waals surface area contributed by atoms with E-state index in [-0.39, 0.29) is 12.7 Å². The van der Waals surface area contributed by atoms with E-state index >= 15 is 0 Å². The molecule has 0 bridgehead atoms. The predicted octanol–water partition coefficient (Wildman–Crippen LogP) is 5.94. The van der Waals surface area contributed by atoms with Gasteiger partial charge in [-0.15, -0.1) is 0 Å². The van der Waals surface area contributed by atoms with E-state index in [0.29, 0.717) is 34.4 Å². The maximum absolute atomic E-state index is 12.3. The van der Waals surface area contributed by atoms with E-state index in [1.54, 1.807) is 18.2 Å². The molecule has 0 spiro atoms. The number of rotatable bonds is 6. The van der Waals surface area contributed by atoms with E-state index in [4.69, 9.17) is 25.8 Å². The van der Waals surface area contributed by atoms with E-state index in [2.05, 4.69) is 42.4 Å². The predicted molar refractivity (Wildman–Crippen MR) is 125 cm³/mol. The topological polar surface area (TPSA) is 69.2 Å². The molecule has 4 rings (SSSR count). The highest BCUT2D eigenvalue weighted by molar-refractivity contribution is 9.11. The molecule has 9 heteroatoms. The van der Waals surface area contributed by atoms with Gasteiger partial charge in [0.05, 0.1) is 15.2 Å². The van der Waals surface area contributed by atoms with Crippen LogP contribution in [0.1, 0.15) is 21.5 Å². The van der Waals surface area contributed by atoms with Crippen LogP contribution in [0.15, 0.2) is 68.6 Å². The Kier molecular flexibility index (Phi) is 6.80. The highest BCUT2D eigenvalue weighted by atomic mass is 79.9. The first-order valence-corrected chi connectivity index (χ1v) is 11.1. The van der Waals surface area contributed by atoms with Gasteiger partial charge in [0.15, 0.2) is 11.5 Å². The standard InChI is InChI=1S/C22H15Br2ClN2O4/c23-16-7-13(8-17(24)21(16)29-11-15-3-1-2-4-18(15)25)10-26-27-22(28)14-5-6-19-20(9-14)31-12-30-19/h1-10H,11-12H2,(H,27,28)/b26-10+. The molecule has 1 N–H and O–H groups in total. The van der Waals surface area contributed by atoms with E-state index in [0.717, 1.165) is 20.1 Å². The van der Waals surface area contributed by atoms with Gasteiger partial charge in [-0.05, 0) is 73.8 Å². The van der Waals surface area contributed by atoms with Crippen LogP contribution in [-0.2, 0) is 6.61 Å². The Bertz CT molecular complexity index is 1150. The van der Waals surface area contributed by atoms with Crippen molar-refractivity contribution >= 4 is 55.6 Å². The van der Waals surface area contributed by atoms with Gasteiger partial charge in [0.25, 0.3) is 5.91 Å². The summed E-state index contributed by atoms with van der Waals surface area (Å²) in [6.07, 6.45) is 1.54. The number of hydrazone groups is 1. The molecule has 1 aliphatic rings. The quantitative estimate of drug-likeness (QED) is 0.296. The van der Waals surface area contributed by atoms with E-state index in [1.165, 1.54) is 6.21 Å². The number of carbonyl (C=O) groups is 1. The van der Waals surface area contributed by atoms with Gasteiger partial charge in [0.1, 0.15) is 12.4 Å². The van der Waals surface area contributed by atoms with Crippen LogP contribution in [0.2, 0.25) is 5.02 Å². The van der Waals surface area contributed by atoms with Crippen LogP contribution in [0.3, 0.4) is 0 Å². The van der Waals surface area contributed by atoms with Crippen molar-refractivity contribution in [1.82, 2.24) is 5.43 Å². The van der Waals surface area contributed by atoms with E-state index < -0.39 is 0 Å². The lowest BCUT2D eigenvalue weighted by atomic mass is 10.2. The fourth-order valence-corrected chi connectivity index (χ4v) is 4.47. The van der Waals surface area contributed by atoms with Crippen LogP contribution in [-0.4, -0.2) is 18.9 Å². The smallest absolute Gasteiger partial charge is 0.271 e. The number of benzene rings is 3. The number of nitrogens with zero attached hydrogens (tertiary/aromatic N) is 1. The van der Waals surface area contributed by atoms with Gasteiger partial charge in [-0.2, -0.15) is 5.10 Å². The molecule has 6 nitrogen and oxygen atoms in total. The van der Waals surface area contributed by atoms with Crippen LogP contribution in [0.4, 0.5) is 0 Å². The van der Waals surface area contributed by atoms with Crippen molar-refractivity contribution in [3.8, 4) is 17.2 Å². The molecule has 0 unspecified atom stereocenters. The summed E-state index contributed by atoms with van der Waals surface area (Å²) in [4.78, 5) is 12.3. The fourth-order valence-electron chi connectivity index (χ4n) is 2.83. The molecular formula is C22H15Br2ClN2O4. The van der Waals surface area contributed by atoms with Gasteiger partial charge in [-0.3, -0.25) is 4.79 Å². The van der Waals surface area contributed by atoms with Gasteiger partial charge in [-0.25, -0.2) is 5.43 Å². The summed E-state index contributed by atoms with van der Waals surface area (Å²) in [5.74, 6) is 1.44. The van der Waals surface area contributed by atoms with E-state index in [1.807, 2.05) is 36.4 Å². The van der Waals surface area contributed by atoms with Crippen molar-refractivity contribution in [3.05, 3.63) is 85.3 Å². The Morgan fingerprint density at radius 1 is 1.10 bits per heavy atom. The SMILES string of the molecule is O=C(N/N=C/c1cc(Br)c(OCc2ccccc2Cl)c(Br)c1)c1ccc2c(c1)OCO2. The lowest BCUT2D eigenvalue weighted by Crippen LogP contribution is -2.17. The van der Waals surface area contributed by atoms with Crippen molar-refractivity contribution in [2.45, 2.75) is 6.61 Å². The molecule has 0 atom stereocenters. The first-order chi connectivity index (χ1) is 15.0. The number of carbonyl (C=O) groups excluding carboxylic acids is 1. The molecule has 0 aromatic heterocycles. The summed E-state index contributed by atoms with van der Waals surface area (Å²) in [6, 6.07) is 16.1. The Morgan fingerprint density at radius 3 is 2.61 bits per heavy atom. The Balaban J connectivity index is 1.40. The van der Waals surface area contributed by atoms with Crippen LogP contribution in [0, 0.1) is 0 Å². The van der Waals surface area contributed by atoms with Gasteiger partial charge < -0.3 is 14.2 Å². The molecular weight excluding hydrogens is 552 g/mol. The third kappa shape index (κ3) is 5.20. The van der Waals surface area contributed by atoms with Crippen molar-refractivity contribution in [2.75, 3.05) is 6.79 Å². The maximum Gasteiger partial charge on any atom is 0.271 e. The Morgan fingerprint density at radius 2 is 1.84 bits per heavy atom. The zero-order chi connectivity index (χ0) is 21.8. The first kappa shape index (κ1) is 21.7. The second-order valence-corrected chi connectivity index (χ2v) is 8.58. The van der Waals surface area contributed by atoms with Crippen LogP contribution in [0.25, 0.3) is 0 Å². The summed E-state index contributed by atoms with van der Waals surface area (Å²) in [5.41, 5.74) is 4.57. The molecule has 158 valence electrons. The minimum atomic E-state index is -0.354. The molecule has 1 heterocycles. The van der Waals surface area contributed by atoms with Crippen LogP contribution in [0.5, 0.6) is 17.2 Å². The number of halogens is 3. The van der Waals surface area contributed by atoms with Crippen molar-refractivity contribution in [3.63, 3.8) is 0 Å². The third-order valence-electron chi connectivity index (χ3n) is 4.36. The summed E-state index contributed by atoms with van der Waals surface area (Å²) >= 11 is 13.2. The highest BCUT2D eigenvalue weighted by Gasteiger charge is 2.16. The first-order valence-electron chi connectivity index (χ1n) is 9.09. The molecule has 31 heavy (non-hydrogen) atoms. The minimum absolute atomic E-state index is 0.153. The number of ether oxygens (including phenoxy) is 3. The van der Waals surface area contributed by atoms with Crippen LogP contribution < -0.4 is 19.6 Å². The van der Waals surface area contributed by atoms with Gasteiger partial charge >= 0.3 is 0 Å². The van der Waals surface area contributed by atoms with Crippen molar-refractivity contribution < 1.29 is 19.0 Å². The lowest BCUT2D eigenvalue weighted by molar-refractivity contribution is 0.0954. The average Bonchev–Trinajstić information content (AvgIpc) is 3.22. The molecule has 1 aliphatic heterocycles. The van der Waals surface area contributed by atoms with Crippen LogP contribution >= 0.6 is 43.5 Å². The number of hydrogen-bond acceptors (Lipinski definition) is 5. The summed E-state index contributed by atoms with van der Waals surface area (Å²) in [6.45, 7) is 0.482. The number of hydrogen-bond donors (Lipinski definition) is 1. The second kappa shape index (κ2) is 9.72. The summed E-state index contributed by atoms with van der Waals surface area (Å²) in [7, 11) is 0. The average molecular weight is 567 g/mol. The highest BCUT2D eigenvalue weighted by Crippen LogP contribution is 2.35. The van der Waals surface area contributed by atoms with E-state index in [9.17, 15) is 4.79 Å². The third-order valence-corrected chi connectivity index (χ3v) is 5.91. The fraction of sp³-hybridized carbons (Fsp3) is 0.0909. The van der Waals surface area contributed by atoms with Gasteiger partial charge in [0, 0.05) is 16.1 Å². The molecule has 3 aromatic carbocycles. The zero-order valence-corrected chi connectivity index (χ0v) is 19.8. The summed E-state index contributed by atoms with van der Waals surface area (Å²) in [5, 5.41) is 4.68. The minimum Gasteiger partial charge on any atom is -0.486 e. The molecule has 0 aliphatic carbocycles. The zero-order valence-electron chi connectivity index (χ0n) is 15.9.